The predicted molar refractivity (Wildman–Crippen MR) is 144 cm³/mol. The van der Waals surface area contributed by atoms with Crippen molar-refractivity contribution in [1.29, 1.82) is 0 Å². The summed E-state index contributed by atoms with van der Waals surface area (Å²) in [6.45, 7) is 2.17. The van der Waals surface area contributed by atoms with Gasteiger partial charge in [-0.15, -0.1) is 24.9 Å². The largest absolute Gasteiger partial charge is 0.604 e. The first-order chi connectivity index (χ1) is 19.5. The molecule has 2 heterocycles. The van der Waals surface area contributed by atoms with Crippen LogP contribution in [0.5, 0.6) is 0 Å². The molecule has 1 unspecified atom stereocenters. The summed E-state index contributed by atoms with van der Waals surface area (Å²) in [5, 5.41) is 14.9. The molecule has 1 saturated heterocycles. The molecule has 1 N–H and O–H groups in total. The van der Waals surface area contributed by atoms with E-state index in [-0.39, 0.29) is 35.5 Å². The third kappa shape index (κ3) is 8.17. The SMILES string of the molecule is C[C@@H](S[C@H]1CO[C@H](C=CC=Cc2ccc([S+]([O-])C(F)(F)F)cc2)OC1)[C@](O)(Cn1cncn1)c1ccc(F)cc1F. The topological polar surface area (TPSA) is 92.5 Å². The second kappa shape index (κ2) is 13.5. The highest BCUT2D eigenvalue weighted by Gasteiger charge is 2.46. The second-order valence-corrected chi connectivity index (χ2v) is 12.2. The molecule has 7 nitrogen and oxygen atoms in total. The van der Waals surface area contributed by atoms with Crippen LogP contribution in [0.4, 0.5) is 22.0 Å². The van der Waals surface area contributed by atoms with E-state index < -0.39 is 45.5 Å². The molecule has 0 amide bonds. The zero-order valence-corrected chi connectivity index (χ0v) is 23.2. The van der Waals surface area contributed by atoms with Crippen LogP contribution in [0.25, 0.3) is 6.08 Å². The van der Waals surface area contributed by atoms with Crippen LogP contribution >= 0.6 is 11.8 Å². The molecule has 3 aromatic rings. The zero-order valence-electron chi connectivity index (χ0n) is 21.6. The third-order valence-corrected chi connectivity index (χ3v) is 8.78. The van der Waals surface area contributed by atoms with Gasteiger partial charge in [-0.1, -0.05) is 31.2 Å². The van der Waals surface area contributed by atoms with Gasteiger partial charge in [-0.3, -0.25) is 0 Å². The Labute approximate surface area is 240 Å². The Kier molecular flexibility index (Phi) is 10.3. The molecule has 14 heteroatoms. The quantitative estimate of drug-likeness (QED) is 0.190. The lowest BCUT2D eigenvalue weighted by Crippen LogP contribution is -2.43. The van der Waals surface area contributed by atoms with Crippen LogP contribution in [0.3, 0.4) is 0 Å². The van der Waals surface area contributed by atoms with E-state index in [0.717, 1.165) is 24.3 Å². The third-order valence-electron chi connectivity index (χ3n) is 6.20. The summed E-state index contributed by atoms with van der Waals surface area (Å²) in [6.07, 6.45) is 8.68. The van der Waals surface area contributed by atoms with E-state index in [4.69, 9.17) is 9.47 Å². The Hall–Kier alpha value is -2.75. The highest BCUT2D eigenvalue weighted by atomic mass is 32.2. The summed E-state index contributed by atoms with van der Waals surface area (Å²) in [7, 11) is 0. The number of alkyl halides is 3. The Morgan fingerprint density at radius 2 is 1.85 bits per heavy atom. The minimum atomic E-state index is -4.81. The van der Waals surface area contributed by atoms with Crippen molar-refractivity contribution in [2.45, 2.75) is 46.3 Å². The van der Waals surface area contributed by atoms with Gasteiger partial charge in [-0.2, -0.15) is 5.10 Å². The van der Waals surface area contributed by atoms with Gasteiger partial charge in [0.1, 0.15) is 29.9 Å². The second-order valence-electron chi connectivity index (χ2n) is 9.10. The fourth-order valence-corrected chi connectivity index (χ4v) is 6.05. The molecule has 1 aromatic heterocycles. The predicted octanol–water partition coefficient (Wildman–Crippen LogP) is 5.20. The number of aromatic nitrogens is 3. The number of halogens is 5. The summed E-state index contributed by atoms with van der Waals surface area (Å²) >= 11 is -1.74. The lowest BCUT2D eigenvalue weighted by Gasteiger charge is -2.37. The number of thioether (sulfide) groups is 1. The first-order valence-corrected chi connectivity index (χ1v) is 14.4. The Bertz CT molecular complexity index is 1330. The number of aliphatic hydroxyl groups is 1. The van der Waals surface area contributed by atoms with Crippen molar-refractivity contribution in [2.75, 3.05) is 13.2 Å². The van der Waals surface area contributed by atoms with Crippen molar-refractivity contribution in [3.8, 4) is 0 Å². The number of benzene rings is 2. The minimum Gasteiger partial charge on any atom is -0.604 e. The normalized spacial score (nSPS) is 21.3. The molecule has 220 valence electrons. The van der Waals surface area contributed by atoms with Gasteiger partial charge in [-0.25, -0.2) is 18.4 Å². The molecule has 0 aliphatic carbocycles. The van der Waals surface area contributed by atoms with Gasteiger partial charge in [0.25, 0.3) is 0 Å². The number of ether oxygens (including phenoxy) is 2. The van der Waals surface area contributed by atoms with Crippen LogP contribution in [-0.2, 0) is 32.8 Å². The van der Waals surface area contributed by atoms with E-state index in [1.54, 1.807) is 31.2 Å². The molecule has 3 atom stereocenters. The maximum absolute atomic E-state index is 14.7. The van der Waals surface area contributed by atoms with Crippen LogP contribution < -0.4 is 0 Å². The van der Waals surface area contributed by atoms with Crippen molar-refractivity contribution in [2.24, 2.45) is 0 Å². The Morgan fingerprint density at radius 3 is 2.46 bits per heavy atom. The lowest BCUT2D eigenvalue weighted by molar-refractivity contribution is -0.146. The van der Waals surface area contributed by atoms with Gasteiger partial charge in [0, 0.05) is 16.9 Å². The molecule has 0 radical (unpaired) electrons. The van der Waals surface area contributed by atoms with E-state index in [0.29, 0.717) is 5.56 Å². The van der Waals surface area contributed by atoms with Crippen molar-refractivity contribution in [1.82, 2.24) is 14.8 Å². The monoisotopic (exact) mass is 615 g/mol. The summed E-state index contributed by atoms with van der Waals surface area (Å²) in [6, 6.07) is 8.23. The Morgan fingerprint density at radius 1 is 1.15 bits per heavy atom. The molecule has 0 spiro atoms. The van der Waals surface area contributed by atoms with E-state index >= 15 is 0 Å². The van der Waals surface area contributed by atoms with Crippen LogP contribution in [0.15, 0.2) is 78.2 Å². The molecule has 0 bridgehead atoms. The molecule has 4 rings (SSSR count). The average molecular weight is 616 g/mol. The van der Waals surface area contributed by atoms with Gasteiger partial charge >= 0.3 is 5.51 Å². The van der Waals surface area contributed by atoms with E-state index in [1.807, 2.05) is 0 Å². The van der Waals surface area contributed by atoms with Crippen LogP contribution in [-0.4, -0.2) is 59.9 Å². The maximum atomic E-state index is 14.7. The average Bonchev–Trinajstić information content (AvgIpc) is 3.44. The zero-order chi connectivity index (χ0) is 29.6. The number of allylic oxidation sites excluding steroid dienone is 2. The standard InChI is InChI=1S/C27H26F5N3O4S2/c1-18(26(36,15-35-17-33-16-34-35)23-11-8-20(28)12-24(23)29)40-21-13-38-25(39-14-21)5-3-2-4-19-6-9-22(10-7-19)41(37)27(30,31)32/h2-12,16-18,21,25,36H,13-15H2,1H3/t18-,21-,25-,26-,41?/m1/s1. The fourth-order valence-electron chi connectivity index (χ4n) is 4.08. The lowest BCUT2D eigenvalue weighted by atomic mass is 9.90. The van der Waals surface area contributed by atoms with Gasteiger partial charge in [0.15, 0.2) is 11.2 Å². The number of rotatable bonds is 10. The highest BCUT2D eigenvalue weighted by Crippen LogP contribution is 2.38. The first kappa shape index (κ1) is 31.2. The number of hydrogen-bond acceptors (Lipinski definition) is 7. The van der Waals surface area contributed by atoms with E-state index in [2.05, 4.69) is 10.1 Å². The van der Waals surface area contributed by atoms with Gasteiger partial charge < -0.3 is 19.1 Å². The summed E-state index contributed by atoms with van der Waals surface area (Å²) in [5.41, 5.74) is -6.01. The van der Waals surface area contributed by atoms with E-state index in [9.17, 15) is 31.6 Å². The summed E-state index contributed by atoms with van der Waals surface area (Å²) in [5.74, 6) is -1.63. The first-order valence-electron chi connectivity index (χ1n) is 12.3. The van der Waals surface area contributed by atoms with E-state index in [1.165, 1.54) is 47.3 Å². The van der Waals surface area contributed by atoms with Crippen LogP contribution in [0.2, 0.25) is 0 Å². The van der Waals surface area contributed by atoms with Crippen LogP contribution in [0.1, 0.15) is 18.1 Å². The summed E-state index contributed by atoms with van der Waals surface area (Å²) in [4.78, 5) is 3.54. The molecule has 1 fully saturated rings. The Balaban J connectivity index is 1.31. The molecule has 2 aromatic carbocycles. The molecule has 1 aliphatic rings. The molecule has 41 heavy (non-hydrogen) atoms. The van der Waals surface area contributed by atoms with Gasteiger partial charge in [-0.05, 0) is 42.0 Å². The van der Waals surface area contributed by atoms with Crippen molar-refractivity contribution < 1.29 is 41.1 Å². The van der Waals surface area contributed by atoms with Crippen molar-refractivity contribution in [3.63, 3.8) is 0 Å². The van der Waals surface area contributed by atoms with Crippen molar-refractivity contribution in [3.05, 3.63) is 96.1 Å². The van der Waals surface area contributed by atoms with Crippen molar-refractivity contribution >= 4 is 29.0 Å². The number of nitrogens with zero attached hydrogens (tertiary/aromatic N) is 3. The molecule has 0 saturated carbocycles. The molecule has 1 aliphatic heterocycles. The summed E-state index contributed by atoms with van der Waals surface area (Å²) < 4.78 is 90.3. The highest BCUT2D eigenvalue weighted by molar-refractivity contribution is 8.00. The minimum absolute atomic E-state index is 0.0668. The van der Waals surface area contributed by atoms with Gasteiger partial charge in [0.2, 0.25) is 0 Å². The maximum Gasteiger partial charge on any atom is 0.578 e. The molecular weight excluding hydrogens is 589 g/mol. The smallest absolute Gasteiger partial charge is 0.578 e. The fraction of sp³-hybridized carbons (Fsp3) is 0.333. The van der Waals surface area contributed by atoms with Crippen LogP contribution in [0, 0.1) is 11.6 Å². The molecular formula is C27H26F5N3O4S2. The van der Waals surface area contributed by atoms with Gasteiger partial charge in [0.05, 0.1) is 36.2 Å². The number of hydrogen-bond donors (Lipinski definition) is 1.